The molecule has 0 saturated carbocycles. The van der Waals surface area contributed by atoms with E-state index in [4.69, 9.17) is 23.2 Å². The summed E-state index contributed by atoms with van der Waals surface area (Å²) in [6.07, 6.45) is 0. The van der Waals surface area contributed by atoms with E-state index in [0.29, 0.717) is 37.6 Å². The molecule has 2 aromatic carbocycles. The summed E-state index contributed by atoms with van der Waals surface area (Å²) in [7, 11) is 0. The minimum Gasteiger partial charge on any atom is -0.321 e. The van der Waals surface area contributed by atoms with Gasteiger partial charge >= 0.3 is 0 Å². The van der Waals surface area contributed by atoms with Crippen molar-refractivity contribution in [3.8, 4) is 0 Å². The lowest BCUT2D eigenvalue weighted by Gasteiger charge is -2.08. The molecule has 2 aromatic heterocycles. The van der Waals surface area contributed by atoms with Gasteiger partial charge in [0.15, 0.2) is 0 Å². The Morgan fingerprint density at radius 3 is 2.57 bits per heavy atom. The summed E-state index contributed by atoms with van der Waals surface area (Å²) in [6.45, 7) is 3.63. The highest BCUT2D eigenvalue weighted by molar-refractivity contribution is 7.21. The van der Waals surface area contributed by atoms with E-state index in [9.17, 15) is 9.59 Å². The third kappa shape index (κ3) is 3.92. The molecular formula is C21H16Cl2N4O2S. The molecule has 0 unspecified atom stereocenters. The average molecular weight is 459 g/mol. The number of thiophene rings is 1. The second-order valence-electron chi connectivity index (χ2n) is 6.68. The third-order valence-corrected chi connectivity index (χ3v) is 6.44. The normalized spacial score (nSPS) is 10.9. The van der Waals surface area contributed by atoms with Crippen LogP contribution >= 0.6 is 34.5 Å². The van der Waals surface area contributed by atoms with Crippen LogP contribution in [-0.4, -0.2) is 22.0 Å². The van der Waals surface area contributed by atoms with Crippen molar-refractivity contribution in [1.82, 2.24) is 10.2 Å². The Kier molecular flexibility index (Phi) is 5.51. The molecule has 0 atom stereocenters. The van der Waals surface area contributed by atoms with E-state index in [1.807, 2.05) is 6.92 Å². The molecule has 0 bridgehead atoms. The molecule has 2 heterocycles. The molecule has 2 amide bonds. The number of carbonyl (C=O) groups is 2. The Balaban J connectivity index is 1.55. The predicted molar refractivity (Wildman–Crippen MR) is 122 cm³/mol. The number of halogens is 2. The topological polar surface area (TPSA) is 86.9 Å². The molecule has 0 aliphatic heterocycles. The van der Waals surface area contributed by atoms with E-state index >= 15 is 0 Å². The van der Waals surface area contributed by atoms with Crippen LogP contribution in [0, 0.1) is 13.8 Å². The summed E-state index contributed by atoms with van der Waals surface area (Å²) < 4.78 is 0.830. The second-order valence-corrected chi connectivity index (χ2v) is 8.55. The van der Waals surface area contributed by atoms with Crippen molar-refractivity contribution in [2.24, 2.45) is 0 Å². The van der Waals surface area contributed by atoms with Gasteiger partial charge in [-0.3, -0.25) is 14.7 Å². The number of hydrogen-bond acceptors (Lipinski definition) is 4. The van der Waals surface area contributed by atoms with Crippen LogP contribution in [-0.2, 0) is 0 Å². The number of nitrogens with zero attached hydrogens (tertiary/aromatic N) is 1. The second kappa shape index (κ2) is 8.10. The standard InChI is InChI=1S/C21H16Cl2N4O2S/c1-10-18(11(2)27-26-10)25-20(28)12-4-3-5-14(8-12)24-21(29)19-17(23)15-7-6-13(22)9-16(15)30-19/h3-9H,1-2H3,(H,24,29)(H,25,28)(H,26,27). The lowest BCUT2D eigenvalue weighted by atomic mass is 10.1. The molecule has 30 heavy (non-hydrogen) atoms. The molecule has 4 aromatic rings. The lowest BCUT2D eigenvalue weighted by Crippen LogP contribution is -2.15. The summed E-state index contributed by atoms with van der Waals surface area (Å²) in [5, 5.41) is 14.3. The first kappa shape index (κ1) is 20.4. The first-order valence-corrected chi connectivity index (χ1v) is 10.5. The number of amides is 2. The number of nitrogens with one attached hydrogen (secondary N) is 3. The van der Waals surface area contributed by atoms with Crippen LogP contribution in [0.25, 0.3) is 10.1 Å². The summed E-state index contributed by atoms with van der Waals surface area (Å²) in [5.41, 5.74) is 3.00. The molecule has 3 N–H and O–H groups in total. The molecular weight excluding hydrogens is 443 g/mol. The van der Waals surface area contributed by atoms with E-state index in [0.717, 1.165) is 15.8 Å². The number of rotatable bonds is 4. The highest BCUT2D eigenvalue weighted by Crippen LogP contribution is 2.37. The molecule has 0 aliphatic carbocycles. The highest BCUT2D eigenvalue weighted by atomic mass is 35.5. The summed E-state index contributed by atoms with van der Waals surface area (Å²) in [4.78, 5) is 25.8. The van der Waals surface area contributed by atoms with Crippen LogP contribution in [0.5, 0.6) is 0 Å². The lowest BCUT2D eigenvalue weighted by molar-refractivity contribution is 0.101. The van der Waals surface area contributed by atoms with Gasteiger partial charge in [-0.1, -0.05) is 35.3 Å². The Morgan fingerprint density at radius 2 is 1.83 bits per heavy atom. The maximum Gasteiger partial charge on any atom is 0.267 e. The Hall–Kier alpha value is -2.87. The van der Waals surface area contributed by atoms with Crippen molar-refractivity contribution in [3.05, 3.63) is 74.3 Å². The van der Waals surface area contributed by atoms with Crippen molar-refractivity contribution < 1.29 is 9.59 Å². The minimum absolute atomic E-state index is 0.298. The van der Waals surface area contributed by atoms with Gasteiger partial charge in [-0.2, -0.15) is 5.10 Å². The first-order valence-electron chi connectivity index (χ1n) is 8.95. The van der Waals surface area contributed by atoms with Gasteiger partial charge < -0.3 is 10.6 Å². The van der Waals surface area contributed by atoms with Gasteiger partial charge in [-0.05, 0) is 44.2 Å². The van der Waals surface area contributed by atoms with E-state index in [-0.39, 0.29) is 11.8 Å². The van der Waals surface area contributed by atoms with Crippen LogP contribution in [0.15, 0.2) is 42.5 Å². The summed E-state index contributed by atoms with van der Waals surface area (Å²) in [6, 6.07) is 12.0. The van der Waals surface area contributed by atoms with Gasteiger partial charge in [-0.25, -0.2) is 0 Å². The number of fused-ring (bicyclic) bond motifs is 1. The Labute approximate surface area is 186 Å². The fourth-order valence-electron chi connectivity index (χ4n) is 3.03. The minimum atomic E-state index is -0.351. The fourth-order valence-corrected chi connectivity index (χ4v) is 4.72. The van der Waals surface area contributed by atoms with Gasteiger partial charge in [0, 0.05) is 26.4 Å². The van der Waals surface area contributed by atoms with Crippen LogP contribution in [0.1, 0.15) is 31.4 Å². The highest BCUT2D eigenvalue weighted by Gasteiger charge is 2.18. The van der Waals surface area contributed by atoms with Crippen molar-refractivity contribution in [2.75, 3.05) is 10.6 Å². The summed E-state index contributed by atoms with van der Waals surface area (Å²) in [5.74, 6) is -0.648. The van der Waals surface area contributed by atoms with Crippen LogP contribution in [0.4, 0.5) is 11.4 Å². The van der Waals surface area contributed by atoms with Gasteiger partial charge in [0.2, 0.25) is 0 Å². The number of H-pyrrole nitrogens is 1. The predicted octanol–water partition coefficient (Wildman–Crippen LogP) is 6.05. The number of anilines is 2. The number of carbonyl (C=O) groups excluding carboxylic acids is 2. The largest absolute Gasteiger partial charge is 0.321 e. The number of aryl methyl sites for hydroxylation is 2. The monoisotopic (exact) mass is 458 g/mol. The molecule has 0 spiro atoms. The van der Waals surface area contributed by atoms with Crippen molar-refractivity contribution in [1.29, 1.82) is 0 Å². The molecule has 4 rings (SSSR count). The molecule has 0 fully saturated rings. The first-order chi connectivity index (χ1) is 14.3. The fraction of sp³-hybridized carbons (Fsp3) is 0.0952. The zero-order chi connectivity index (χ0) is 21.4. The average Bonchev–Trinajstić information content (AvgIpc) is 3.21. The molecule has 0 saturated heterocycles. The number of benzene rings is 2. The Bertz CT molecular complexity index is 1280. The maximum absolute atomic E-state index is 12.8. The molecule has 9 heteroatoms. The van der Waals surface area contributed by atoms with Gasteiger partial charge in [0.1, 0.15) is 4.88 Å². The molecule has 6 nitrogen and oxygen atoms in total. The molecule has 152 valence electrons. The van der Waals surface area contributed by atoms with E-state index < -0.39 is 0 Å². The molecule has 0 aliphatic rings. The number of hydrogen-bond donors (Lipinski definition) is 3. The maximum atomic E-state index is 12.8. The van der Waals surface area contributed by atoms with Crippen LogP contribution < -0.4 is 10.6 Å². The van der Waals surface area contributed by atoms with Crippen molar-refractivity contribution in [2.45, 2.75) is 13.8 Å². The van der Waals surface area contributed by atoms with E-state index in [2.05, 4.69) is 20.8 Å². The smallest absolute Gasteiger partial charge is 0.267 e. The SMILES string of the molecule is Cc1n[nH]c(C)c1NC(=O)c1cccc(NC(=O)c2sc3cc(Cl)ccc3c2Cl)c1. The van der Waals surface area contributed by atoms with E-state index in [1.165, 1.54) is 11.3 Å². The third-order valence-electron chi connectivity index (χ3n) is 4.55. The van der Waals surface area contributed by atoms with Crippen LogP contribution in [0.3, 0.4) is 0 Å². The zero-order valence-corrected chi connectivity index (χ0v) is 18.3. The van der Waals surface area contributed by atoms with E-state index in [1.54, 1.807) is 49.4 Å². The quantitative estimate of drug-likeness (QED) is 0.347. The van der Waals surface area contributed by atoms with Crippen molar-refractivity contribution >= 4 is 67.8 Å². The molecule has 0 radical (unpaired) electrons. The summed E-state index contributed by atoms with van der Waals surface area (Å²) >= 11 is 13.7. The van der Waals surface area contributed by atoms with Crippen LogP contribution in [0.2, 0.25) is 10.0 Å². The van der Waals surface area contributed by atoms with Crippen molar-refractivity contribution in [3.63, 3.8) is 0 Å². The van der Waals surface area contributed by atoms with Gasteiger partial charge in [0.25, 0.3) is 11.8 Å². The van der Waals surface area contributed by atoms with Gasteiger partial charge in [-0.15, -0.1) is 11.3 Å². The Morgan fingerprint density at radius 1 is 1.03 bits per heavy atom. The number of aromatic amines is 1. The number of aromatic nitrogens is 2. The zero-order valence-electron chi connectivity index (χ0n) is 16.0. The van der Waals surface area contributed by atoms with Gasteiger partial charge in [0.05, 0.1) is 22.1 Å².